The van der Waals surface area contributed by atoms with E-state index in [9.17, 15) is 14.9 Å². The zero-order chi connectivity index (χ0) is 21.6. The van der Waals surface area contributed by atoms with Crippen LogP contribution < -0.4 is 9.47 Å². The Morgan fingerprint density at radius 2 is 1.90 bits per heavy atom. The largest absolute Gasteiger partial charge is 0.493 e. The van der Waals surface area contributed by atoms with Crippen LogP contribution in [0, 0.1) is 11.3 Å². The number of hydrogen-bond acceptors (Lipinski definition) is 5. The summed E-state index contributed by atoms with van der Waals surface area (Å²) >= 11 is 6.32. The van der Waals surface area contributed by atoms with Crippen molar-refractivity contribution in [1.29, 1.82) is 5.26 Å². The number of aromatic carboxylic acids is 1. The van der Waals surface area contributed by atoms with Crippen LogP contribution in [0.1, 0.15) is 21.5 Å². The van der Waals surface area contributed by atoms with E-state index in [2.05, 4.69) is 0 Å². The Bertz CT molecular complexity index is 991. The number of benzene rings is 2. The fourth-order valence-electron chi connectivity index (χ4n) is 2.41. The molecule has 1 N–H and O–H groups in total. The molecule has 2 aromatic rings. The molecule has 2 rings (SSSR count). The Hall–Kier alpha value is -3.50. The topological polar surface area (TPSA) is 99.9 Å². The molecular weight excluding hydrogens is 396 g/mol. The molecule has 0 aliphatic rings. The van der Waals surface area contributed by atoms with Crippen molar-refractivity contribution in [2.24, 2.45) is 0 Å². The first-order valence-electron chi connectivity index (χ1n) is 8.42. The molecule has 0 atom stereocenters. The van der Waals surface area contributed by atoms with Crippen LogP contribution in [0.3, 0.4) is 0 Å². The first-order chi connectivity index (χ1) is 13.8. The molecule has 0 bridgehead atoms. The molecule has 0 spiro atoms. The Morgan fingerprint density at radius 1 is 1.24 bits per heavy atom. The van der Waals surface area contributed by atoms with Crippen molar-refractivity contribution in [3.63, 3.8) is 0 Å². The molecule has 29 heavy (non-hydrogen) atoms. The molecule has 0 saturated carbocycles. The molecule has 0 unspecified atom stereocenters. The van der Waals surface area contributed by atoms with E-state index in [0.717, 1.165) is 5.56 Å². The van der Waals surface area contributed by atoms with E-state index in [1.54, 1.807) is 38.4 Å². The Morgan fingerprint density at radius 3 is 2.41 bits per heavy atom. The van der Waals surface area contributed by atoms with E-state index < -0.39 is 11.9 Å². The molecule has 0 saturated heterocycles. The van der Waals surface area contributed by atoms with Gasteiger partial charge < -0.3 is 19.5 Å². The lowest BCUT2D eigenvalue weighted by Gasteiger charge is -2.14. The maximum absolute atomic E-state index is 12.0. The van der Waals surface area contributed by atoms with Gasteiger partial charge in [0.05, 0.1) is 17.7 Å². The van der Waals surface area contributed by atoms with Gasteiger partial charge in [-0.2, -0.15) is 5.26 Å². The van der Waals surface area contributed by atoms with E-state index in [-0.39, 0.29) is 22.8 Å². The summed E-state index contributed by atoms with van der Waals surface area (Å²) in [4.78, 5) is 24.2. The molecule has 150 valence electrons. The lowest BCUT2D eigenvalue weighted by molar-refractivity contribution is -0.124. The van der Waals surface area contributed by atoms with Gasteiger partial charge in [0.1, 0.15) is 18.2 Å². The van der Waals surface area contributed by atoms with E-state index in [4.69, 9.17) is 26.2 Å². The van der Waals surface area contributed by atoms with Gasteiger partial charge in [-0.1, -0.05) is 23.7 Å². The third kappa shape index (κ3) is 5.50. The number of ether oxygens (including phenoxy) is 2. The number of amides is 1. The Kier molecular flexibility index (Phi) is 7.23. The first-order valence-corrected chi connectivity index (χ1v) is 8.80. The van der Waals surface area contributed by atoms with Crippen molar-refractivity contribution >= 4 is 29.6 Å². The highest BCUT2D eigenvalue weighted by Crippen LogP contribution is 2.37. The predicted molar refractivity (Wildman–Crippen MR) is 108 cm³/mol. The first kappa shape index (κ1) is 21.8. The summed E-state index contributed by atoms with van der Waals surface area (Å²) in [6.45, 7) is 0.147. The third-order valence-electron chi connectivity index (χ3n) is 3.90. The van der Waals surface area contributed by atoms with Crippen molar-refractivity contribution in [2.75, 3.05) is 21.2 Å². The summed E-state index contributed by atoms with van der Waals surface area (Å²) in [5.41, 5.74) is 1.40. The third-order valence-corrected chi connectivity index (χ3v) is 4.18. The molecule has 0 fully saturated rings. The lowest BCUT2D eigenvalue weighted by Crippen LogP contribution is -2.22. The van der Waals surface area contributed by atoms with Gasteiger partial charge in [0.2, 0.25) is 0 Å². The van der Waals surface area contributed by atoms with Crippen LogP contribution in [0.15, 0.2) is 42.0 Å². The minimum Gasteiger partial charge on any atom is -0.493 e. The number of carbonyl (C=O) groups excluding carboxylic acids is 1. The quantitative estimate of drug-likeness (QED) is 0.548. The van der Waals surface area contributed by atoms with Gasteiger partial charge in [-0.3, -0.25) is 4.79 Å². The average molecular weight is 415 g/mol. The second kappa shape index (κ2) is 9.62. The van der Waals surface area contributed by atoms with Gasteiger partial charge >= 0.3 is 5.97 Å². The summed E-state index contributed by atoms with van der Waals surface area (Å²) in [7, 11) is 4.56. The maximum Gasteiger partial charge on any atom is 0.335 e. The highest BCUT2D eigenvalue weighted by molar-refractivity contribution is 6.32. The number of carbonyl (C=O) groups is 2. The van der Waals surface area contributed by atoms with Crippen molar-refractivity contribution in [3.8, 4) is 17.6 Å². The number of carboxylic acid groups (broad SMARTS) is 1. The van der Waals surface area contributed by atoms with Gasteiger partial charge in [-0.05, 0) is 41.5 Å². The molecule has 0 aliphatic heterocycles. The summed E-state index contributed by atoms with van der Waals surface area (Å²) in [6.07, 6.45) is 1.42. The molecule has 0 heterocycles. The minimum atomic E-state index is -1.00. The normalized spacial score (nSPS) is 10.8. The van der Waals surface area contributed by atoms with Crippen LogP contribution in [0.5, 0.6) is 11.5 Å². The Labute approximate surface area is 173 Å². The monoisotopic (exact) mass is 414 g/mol. The van der Waals surface area contributed by atoms with E-state index in [1.165, 1.54) is 30.2 Å². The molecule has 8 heteroatoms. The van der Waals surface area contributed by atoms with Crippen LogP contribution in [0.25, 0.3) is 6.08 Å². The highest BCUT2D eigenvalue weighted by atomic mass is 35.5. The van der Waals surface area contributed by atoms with E-state index in [0.29, 0.717) is 17.1 Å². The molecule has 2 aromatic carbocycles. The number of likely N-dealkylation sites (N-methyl/N-ethyl adjacent to an activating group) is 1. The smallest absolute Gasteiger partial charge is 0.335 e. The van der Waals surface area contributed by atoms with Crippen LogP contribution in [0.2, 0.25) is 5.02 Å². The summed E-state index contributed by atoms with van der Waals surface area (Å²) in [6, 6.07) is 11.3. The highest BCUT2D eigenvalue weighted by Gasteiger charge is 2.15. The van der Waals surface area contributed by atoms with E-state index in [1.807, 2.05) is 6.07 Å². The molecule has 0 aliphatic carbocycles. The summed E-state index contributed by atoms with van der Waals surface area (Å²) in [5.74, 6) is -0.797. The minimum absolute atomic E-state index is 0.0414. The second-order valence-corrected chi connectivity index (χ2v) is 6.60. The number of nitriles is 1. The number of methoxy groups -OCH3 is 1. The molecule has 0 aromatic heterocycles. The zero-order valence-electron chi connectivity index (χ0n) is 16.1. The number of carboxylic acids is 1. The fraction of sp³-hybridized carbons (Fsp3) is 0.190. The fourth-order valence-corrected chi connectivity index (χ4v) is 2.69. The summed E-state index contributed by atoms with van der Waals surface area (Å²) < 4.78 is 11.1. The van der Waals surface area contributed by atoms with Gasteiger partial charge in [0, 0.05) is 14.1 Å². The van der Waals surface area contributed by atoms with Crippen LogP contribution in [-0.2, 0) is 11.4 Å². The molecular formula is C21H19ClN2O5. The summed E-state index contributed by atoms with van der Waals surface area (Å²) in [5, 5.41) is 18.4. The molecule has 0 radical (unpaired) electrons. The van der Waals surface area contributed by atoms with Crippen LogP contribution in [0.4, 0.5) is 0 Å². The SMILES string of the molecule is COc1cc(/C=C(/C#N)C(=O)N(C)C)cc(Cl)c1OCc1ccc(C(=O)O)cc1. The van der Waals surface area contributed by atoms with Crippen LogP contribution in [-0.4, -0.2) is 43.1 Å². The Balaban J connectivity index is 2.27. The molecule has 7 nitrogen and oxygen atoms in total. The maximum atomic E-state index is 12.0. The number of halogens is 1. The average Bonchev–Trinajstić information content (AvgIpc) is 2.70. The van der Waals surface area contributed by atoms with Gasteiger partial charge in [-0.25, -0.2) is 4.79 Å². The number of nitrogens with zero attached hydrogens (tertiary/aromatic N) is 2. The second-order valence-electron chi connectivity index (χ2n) is 6.19. The lowest BCUT2D eigenvalue weighted by atomic mass is 10.1. The van der Waals surface area contributed by atoms with Crippen molar-refractivity contribution in [1.82, 2.24) is 4.90 Å². The number of hydrogen-bond donors (Lipinski definition) is 1. The predicted octanol–water partition coefficient (Wildman–Crippen LogP) is 3.62. The zero-order valence-corrected chi connectivity index (χ0v) is 16.9. The van der Waals surface area contributed by atoms with E-state index >= 15 is 0 Å². The number of rotatable bonds is 7. The standard InChI is InChI=1S/C21H19ClN2O5/c1-24(2)20(25)16(11-23)8-14-9-17(22)19(18(10-14)28-3)29-12-13-4-6-15(7-5-13)21(26)27/h4-10H,12H2,1-3H3,(H,26,27)/b16-8-. The molecule has 1 amide bonds. The van der Waals surface area contributed by atoms with Gasteiger partial charge in [0.25, 0.3) is 5.91 Å². The van der Waals surface area contributed by atoms with Gasteiger partial charge in [-0.15, -0.1) is 0 Å². The van der Waals surface area contributed by atoms with Crippen LogP contribution >= 0.6 is 11.6 Å². The van der Waals surface area contributed by atoms with Crippen molar-refractivity contribution < 1.29 is 24.2 Å². The van der Waals surface area contributed by atoms with Gasteiger partial charge in [0.15, 0.2) is 11.5 Å². The van der Waals surface area contributed by atoms with Crippen molar-refractivity contribution in [3.05, 3.63) is 63.7 Å². The van der Waals surface area contributed by atoms with Crippen molar-refractivity contribution in [2.45, 2.75) is 6.61 Å².